The zero-order chi connectivity index (χ0) is 13.3. The molecule has 2 rings (SSSR count). The summed E-state index contributed by atoms with van der Waals surface area (Å²) in [7, 11) is 0. The molecule has 0 aliphatic carbocycles. The Bertz CT molecular complexity index is 534. The van der Waals surface area contributed by atoms with Crippen LogP contribution in [0.3, 0.4) is 0 Å². The third kappa shape index (κ3) is 1.97. The van der Waals surface area contributed by atoms with Crippen LogP contribution in [0.25, 0.3) is 0 Å². The molecule has 18 heavy (non-hydrogen) atoms. The molecule has 1 heterocycles. The van der Waals surface area contributed by atoms with Gasteiger partial charge in [0, 0.05) is 13.1 Å². The highest BCUT2D eigenvalue weighted by atomic mass is 16.1. The second-order valence-electron chi connectivity index (χ2n) is 4.98. The third-order valence-corrected chi connectivity index (χ3v) is 3.57. The standard InChI is InChI=1S/C13H16N4O/c1-13(12(16)18)4-5-17(8-13)11-3-2-9(7-14)6-10(11)15/h2-3,6H,4-5,8,15H2,1H3,(H2,16,18). The van der Waals surface area contributed by atoms with Crippen molar-refractivity contribution in [3.05, 3.63) is 23.8 Å². The second kappa shape index (κ2) is 4.22. The Morgan fingerprint density at radius 2 is 2.28 bits per heavy atom. The molecule has 0 spiro atoms. The van der Waals surface area contributed by atoms with E-state index in [1.807, 2.05) is 24.0 Å². The molecule has 4 N–H and O–H groups in total. The van der Waals surface area contributed by atoms with Crippen LogP contribution in [0, 0.1) is 16.7 Å². The zero-order valence-corrected chi connectivity index (χ0v) is 10.3. The lowest BCUT2D eigenvalue weighted by Gasteiger charge is -2.23. The Hall–Kier alpha value is -2.22. The van der Waals surface area contributed by atoms with Crippen molar-refractivity contribution in [2.75, 3.05) is 23.7 Å². The van der Waals surface area contributed by atoms with Gasteiger partial charge in [0.25, 0.3) is 0 Å². The molecule has 1 amide bonds. The number of nitriles is 1. The van der Waals surface area contributed by atoms with Crippen molar-refractivity contribution in [3.8, 4) is 6.07 Å². The lowest BCUT2D eigenvalue weighted by atomic mass is 9.89. The Balaban J connectivity index is 2.25. The maximum Gasteiger partial charge on any atom is 0.225 e. The second-order valence-corrected chi connectivity index (χ2v) is 4.98. The molecule has 1 fully saturated rings. The van der Waals surface area contributed by atoms with Crippen molar-refractivity contribution >= 4 is 17.3 Å². The van der Waals surface area contributed by atoms with Crippen LogP contribution < -0.4 is 16.4 Å². The molecule has 1 aromatic carbocycles. The van der Waals surface area contributed by atoms with Gasteiger partial charge in [-0.15, -0.1) is 0 Å². The van der Waals surface area contributed by atoms with Crippen LogP contribution in [0.2, 0.25) is 0 Å². The first-order chi connectivity index (χ1) is 8.46. The Labute approximate surface area is 106 Å². The summed E-state index contributed by atoms with van der Waals surface area (Å²) >= 11 is 0. The largest absolute Gasteiger partial charge is 0.397 e. The number of carbonyl (C=O) groups excluding carboxylic acids is 1. The van der Waals surface area contributed by atoms with E-state index in [9.17, 15) is 4.79 Å². The van der Waals surface area contributed by atoms with Crippen molar-refractivity contribution in [1.82, 2.24) is 0 Å². The third-order valence-electron chi connectivity index (χ3n) is 3.57. The Morgan fingerprint density at radius 3 is 2.78 bits per heavy atom. The number of carbonyl (C=O) groups is 1. The van der Waals surface area contributed by atoms with E-state index in [-0.39, 0.29) is 5.91 Å². The number of nitrogens with two attached hydrogens (primary N) is 2. The van der Waals surface area contributed by atoms with Crippen LogP contribution in [0.5, 0.6) is 0 Å². The summed E-state index contributed by atoms with van der Waals surface area (Å²) in [5, 5.41) is 8.79. The van der Waals surface area contributed by atoms with Gasteiger partial charge in [-0.05, 0) is 31.5 Å². The summed E-state index contributed by atoms with van der Waals surface area (Å²) in [4.78, 5) is 13.4. The SMILES string of the molecule is CC1(C(N)=O)CCN(c2ccc(C#N)cc2N)C1. The van der Waals surface area contributed by atoms with E-state index in [0.717, 1.165) is 18.7 Å². The van der Waals surface area contributed by atoms with Gasteiger partial charge >= 0.3 is 0 Å². The lowest BCUT2D eigenvalue weighted by Crippen LogP contribution is -2.37. The number of primary amides is 1. The van der Waals surface area contributed by atoms with Gasteiger partial charge in [-0.1, -0.05) is 0 Å². The van der Waals surface area contributed by atoms with Crippen LogP contribution >= 0.6 is 0 Å². The Morgan fingerprint density at radius 1 is 1.56 bits per heavy atom. The summed E-state index contributed by atoms with van der Waals surface area (Å²) in [6, 6.07) is 7.24. The predicted molar refractivity (Wildman–Crippen MR) is 69.7 cm³/mol. The van der Waals surface area contributed by atoms with Gasteiger partial charge in [0.1, 0.15) is 0 Å². The topological polar surface area (TPSA) is 96.1 Å². The van der Waals surface area contributed by atoms with Crippen LogP contribution in [-0.4, -0.2) is 19.0 Å². The number of benzene rings is 1. The summed E-state index contributed by atoms with van der Waals surface area (Å²) in [6.45, 7) is 3.18. The number of anilines is 2. The highest BCUT2D eigenvalue weighted by Crippen LogP contribution is 2.35. The van der Waals surface area contributed by atoms with Crippen molar-refractivity contribution in [2.24, 2.45) is 11.1 Å². The highest BCUT2D eigenvalue weighted by molar-refractivity contribution is 5.82. The van der Waals surface area contributed by atoms with Crippen LogP contribution in [0.1, 0.15) is 18.9 Å². The van der Waals surface area contributed by atoms with E-state index in [2.05, 4.69) is 0 Å². The van der Waals surface area contributed by atoms with Crippen LogP contribution in [0.4, 0.5) is 11.4 Å². The fourth-order valence-corrected chi connectivity index (χ4v) is 2.28. The number of amides is 1. The number of nitrogens with zero attached hydrogens (tertiary/aromatic N) is 2. The lowest BCUT2D eigenvalue weighted by molar-refractivity contribution is -0.125. The molecule has 0 saturated carbocycles. The minimum Gasteiger partial charge on any atom is -0.397 e. The van der Waals surface area contributed by atoms with E-state index in [0.29, 0.717) is 17.8 Å². The van der Waals surface area contributed by atoms with Gasteiger partial charge in [-0.3, -0.25) is 4.79 Å². The maximum atomic E-state index is 11.4. The minimum absolute atomic E-state index is 0.280. The monoisotopic (exact) mass is 244 g/mol. The van der Waals surface area contributed by atoms with E-state index >= 15 is 0 Å². The Kier molecular flexibility index (Phi) is 2.87. The maximum absolute atomic E-state index is 11.4. The quantitative estimate of drug-likeness (QED) is 0.753. The molecular weight excluding hydrogens is 228 g/mol. The van der Waals surface area contributed by atoms with E-state index < -0.39 is 5.41 Å². The van der Waals surface area contributed by atoms with Crippen molar-refractivity contribution in [3.63, 3.8) is 0 Å². The first kappa shape index (κ1) is 12.2. The van der Waals surface area contributed by atoms with E-state index in [1.165, 1.54) is 0 Å². The number of hydrogen-bond acceptors (Lipinski definition) is 4. The molecule has 5 heteroatoms. The molecule has 1 aliphatic heterocycles. The van der Waals surface area contributed by atoms with Gasteiger partial charge in [0.2, 0.25) is 5.91 Å². The summed E-state index contributed by atoms with van der Waals surface area (Å²) < 4.78 is 0. The molecule has 5 nitrogen and oxygen atoms in total. The van der Waals surface area contributed by atoms with Crippen molar-refractivity contribution < 1.29 is 4.79 Å². The van der Waals surface area contributed by atoms with Crippen molar-refractivity contribution in [1.29, 1.82) is 5.26 Å². The fourth-order valence-electron chi connectivity index (χ4n) is 2.28. The summed E-state index contributed by atoms with van der Waals surface area (Å²) in [5.41, 5.74) is 12.8. The van der Waals surface area contributed by atoms with Gasteiger partial charge < -0.3 is 16.4 Å². The van der Waals surface area contributed by atoms with Crippen molar-refractivity contribution in [2.45, 2.75) is 13.3 Å². The van der Waals surface area contributed by atoms with Gasteiger partial charge in [0.15, 0.2) is 0 Å². The first-order valence-electron chi connectivity index (χ1n) is 5.81. The average molecular weight is 244 g/mol. The molecule has 0 bridgehead atoms. The normalized spacial score (nSPS) is 22.8. The molecule has 1 aliphatic rings. The van der Waals surface area contributed by atoms with E-state index in [4.69, 9.17) is 16.7 Å². The van der Waals surface area contributed by atoms with Gasteiger partial charge in [-0.2, -0.15) is 5.26 Å². The molecule has 1 atom stereocenters. The van der Waals surface area contributed by atoms with Crippen LogP contribution in [-0.2, 0) is 4.79 Å². The summed E-state index contributed by atoms with van der Waals surface area (Å²) in [6.07, 6.45) is 0.724. The molecule has 1 aromatic rings. The van der Waals surface area contributed by atoms with Gasteiger partial charge in [-0.25, -0.2) is 0 Å². The highest BCUT2D eigenvalue weighted by Gasteiger charge is 2.39. The van der Waals surface area contributed by atoms with E-state index in [1.54, 1.807) is 12.1 Å². The molecule has 94 valence electrons. The predicted octanol–water partition coefficient (Wildman–Crippen LogP) is 0.842. The smallest absolute Gasteiger partial charge is 0.225 e. The molecular formula is C13H16N4O. The zero-order valence-electron chi connectivity index (χ0n) is 10.3. The molecule has 0 aromatic heterocycles. The average Bonchev–Trinajstić information content (AvgIpc) is 2.73. The summed E-state index contributed by atoms with van der Waals surface area (Å²) in [5.74, 6) is -0.280. The number of nitrogen functional groups attached to an aromatic ring is 1. The molecule has 1 unspecified atom stereocenters. The number of hydrogen-bond donors (Lipinski definition) is 2. The first-order valence-corrected chi connectivity index (χ1v) is 5.81. The minimum atomic E-state index is -0.500. The fraction of sp³-hybridized carbons (Fsp3) is 0.385. The molecule has 0 radical (unpaired) electrons. The molecule has 1 saturated heterocycles. The van der Waals surface area contributed by atoms with Crippen LogP contribution in [0.15, 0.2) is 18.2 Å². The van der Waals surface area contributed by atoms with Gasteiger partial charge in [0.05, 0.1) is 28.4 Å². The number of rotatable bonds is 2.